The van der Waals surface area contributed by atoms with Crippen molar-refractivity contribution in [3.05, 3.63) is 81.0 Å². The van der Waals surface area contributed by atoms with E-state index in [4.69, 9.17) is 9.47 Å². The molecule has 1 fully saturated rings. The number of aromatic nitrogens is 1. The number of hydrogen-bond acceptors (Lipinski definition) is 9. The van der Waals surface area contributed by atoms with E-state index in [1.807, 2.05) is 5.38 Å². The summed E-state index contributed by atoms with van der Waals surface area (Å²) >= 11 is 2.31. The van der Waals surface area contributed by atoms with E-state index in [9.17, 15) is 19.5 Å². The number of anilines is 1. The summed E-state index contributed by atoms with van der Waals surface area (Å²) in [5, 5.41) is 13.2. The lowest BCUT2D eigenvalue weighted by Crippen LogP contribution is -2.29. The first-order valence-corrected chi connectivity index (χ1v) is 12.4. The van der Waals surface area contributed by atoms with Crippen LogP contribution in [-0.4, -0.2) is 41.0 Å². The van der Waals surface area contributed by atoms with E-state index < -0.39 is 23.7 Å². The predicted molar refractivity (Wildman–Crippen MR) is 134 cm³/mol. The Kier molecular flexibility index (Phi) is 7.13. The third-order valence-electron chi connectivity index (χ3n) is 5.20. The topological polar surface area (TPSA) is 106 Å². The average molecular weight is 511 g/mol. The number of ketones is 1. The molecule has 1 amide bonds. The van der Waals surface area contributed by atoms with Crippen molar-refractivity contribution in [2.24, 2.45) is 0 Å². The minimum atomic E-state index is -0.896. The van der Waals surface area contributed by atoms with Crippen molar-refractivity contribution in [3.63, 3.8) is 0 Å². The number of amides is 1. The summed E-state index contributed by atoms with van der Waals surface area (Å²) in [6.07, 6.45) is 1.62. The van der Waals surface area contributed by atoms with Gasteiger partial charge in [0.05, 0.1) is 17.9 Å². The highest BCUT2D eigenvalue weighted by molar-refractivity contribution is 7.18. The van der Waals surface area contributed by atoms with E-state index in [1.165, 1.54) is 16.2 Å². The summed E-state index contributed by atoms with van der Waals surface area (Å²) in [5.41, 5.74) is 0.700. The Hall–Kier alpha value is -3.76. The molecule has 0 saturated carbocycles. The highest BCUT2D eigenvalue weighted by Crippen LogP contribution is 2.45. The lowest BCUT2D eigenvalue weighted by Gasteiger charge is -2.21. The number of thiophene rings is 1. The molecule has 1 N–H and O–H groups in total. The molecular formula is C25H22N2O6S2. The number of rotatable bonds is 8. The van der Waals surface area contributed by atoms with Crippen molar-refractivity contribution >= 4 is 51.2 Å². The van der Waals surface area contributed by atoms with E-state index in [1.54, 1.807) is 56.3 Å². The Morgan fingerprint density at radius 1 is 1.26 bits per heavy atom. The van der Waals surface area contributed by atoms with Crippen LogP contribution < -0.4 is 9.64 Å². The third kappa shape index (κ3) is 4.62. The van der Waals surface area contributed by atoms with E-state index in [0.29, 0.717) is 28.5 Å². The zero-order chi connectivity index (χ0) is 25.1. The number of thiazole rings is 1. The number of aryl methyl sites for hydroxylation is 1. The molecular weight excluding hydrogens is 488 g/mol. The molecule has 0 radical (unpaired) electrons. The molecule has 1 aliphatic rings. The van der Waals surface area contributed by atoms with Crippen molar-refractivity contribution in [2.75, 3.05) is 18.1 Å². The minimum absolute atomic E-state index is 0.0530. The van der Waals surface area contributed by atoms with E-state index >= 15 is 0 Å². The minimum Gasteiger partial charge on any atom is -0.507 e. The van der Waals surface area contributed by atoms with Crippen molar-refractivity contribution in [1.29, 1.82) is 0 Å². The number of Topliss-reactive ketones (excluding diaryl/α,β-unsaturated/α-hetero) is 1. The van der Waals surface area contributed by atoms with Gasteiger partial charge in [0, 0.05) is 10.4 Å². The molecule has 2 aromatic heterocycles. The molecule has 1 saturated heterocycles. The van der Waals surface area contributed by atoms with Crippen LogP contribution in [0.3, 0.4) is 0 Å². The number of aliphatic hydroxyl groups excluding tert-OH is 1. The molecule has 1 aromatic carbocycles. The van der Waals surface area contributed by atoms with Gasteiger partial charge in [-0.05, 0) is 49.6 Å². The highest BCUT2D eigenvalue weighted by Gasteiger charge is 2.48. The van der Waals surface area contributed by atoms with Gasteiger partial charge in [-0.2, -0.15) is 0 Å². The standard InChI is InChI=1S/C25H22N2O6S2/c1-4-12-33-16-10-8-15(9-11-16)20(28)18-19(17-7-6-13-34-17)27(23(30)21(18)29)25-26-14(3)22(35-25)24(31)32-5-2/h4,6-11,13,19,28H,1,5,12H2,2-3H3. The molecule has 4 rings (SSSR count). The predicted octanol–water partition coefficient (Wildman–Crippen LogP) is 4.88. The Bertz CT molecular complexity index is 1310. The van der Waals surface area contributed by atoms with Crippen molar-refractivity contribution in [2.45, 2.75) is 19.9 Å². The first kappa shape index (κ1) is 24.4. The van der Waals surface area contributed by atoms with E-state index in [-0.39, 0.29) is 27.9 Å². The number of ether oxygens (including phenoxy) is 2. The highest BCUT2D eigenvalue weighted by atomic mass is 32.1. The maximum absolute atomic E-state index is 13.2. The van der Waals surface area contributed by atoms with Gasteiger partial charge in [-0.3, -0.25) is 14.5 Å². The monoisotopic (exact) mass is 510 g/mol. The number of aliphatic hydroxyl groups is 1. The zero-order valence-electron chi connectivity index (χ0n) is 19.0. The molecule has 3 aromatic rings. The molecule has 1 atom stereocenters. The molecule has 35 heavy (non-hydrogen) atoms. The first-order chi connectivity index (χ1) is 16.9. The van der Waals surface area contributed by atoms with Crippen LogP contribution in [0.15, 0.2) is 60.0 Å². The Morgan fingerprint density at radius 3 is 2.63 bits per heavy atom. The summed E-state index contributed by atoms with van der Waals surface area (Å²) in [6, 6.07) is 9.21. The lowest BCUT2D eigenvalue weighted by atomic mass is 10.00. The van der Waals surface area contributed by atoms with Gasteiger partial charge in [0.1, 0.15) is 29.0 Å². The fraction of sp³-hybridized carbons (Fsp3) is 0.200. The summed E-state index contributed by atoms with van der Waals surface area (Å²) in [4.78, 5) is 45.3. The lowest BCUT2D eigenvalue weighted by molar-refractivity contribution is -0.132. The van der Waals surface area contributed by atoms with Crippen LogP contribution in [0, 0.1) is 6.92 Å². The Morgan fingerprint density at radius 2 is 2.00 bits per heavy atom. The number of hydrogen-bond donors (Lipinski definition) is 1. The average Bonchev–Trinajstić information content (AvgIpc) is 3.57. The number of carbonyl (C=O) groups is 3. The van der Waals surface area contributed by atoms with Crippen LogP contribution in [0.4, 0.5) is 5.13 Å². The van der Waals surface area contributed by atoms with Crippen molar-refractivity contribution < 1.29 is 29.0 Å². The van der Waals surface area contributed by atoms with Crippen LogP contribution in [0.2, 0.25) is 0 Å². The van der Waals surface area contributed by atoms with Gasteiger partial charge in [0.15, 0.2) is 5.13 Å². The number of nitrogens with zero attached hydrogens (tertiary/aromatic N) is 2. The maximum atomic E-state index is 13.2. The molecule has 0 spiro atoms. The summed E-state index contributed by atoms with van der Waals surface area (Å²) in [6.45, 7) is 7.47. The number of carbonyl (C=O) groups excluding carboxylic acids is 3. The summed E-state index contributed by atoms with van der Waals surface area (Å²) in [5.74, 6) is -1.95. The smallest absolute Gasteiger partial charge is 0.350 e. The van der Waals surface area contributed by atoms with Gasteiger partial charge < -0.3 is 14.6 Å². The molecule has 180 valence electrons. The van der Waals surface area contributed by atoms with E-state index in [2.05, 4.69) is 11.6 Å². The first-order valence-electron chi connectivity index (χ1n) is 10.7. The van der Waals surface area contributed by atoms with Crippen molar-refractivity contribution in [3.8, 4) is 5.75 Å². The quantitative estimate of drug-likeness (QED) is 0.151. The van der Waals surface area contributed by atoms with Crippen LogP contribution >= 0.6 is 22.7 Å². The maximum Gasteiger partial charge on any atom is 0.350 e. The molecule has 10 heteroatoms. The number of esters is 1. The molecule has 8 nitrogen and oxygen atoms in total. The summed E-state index contributed by atoms with van der Waals surface area (Å²) < 4.78 is 10.6. The second-order valence-electron chi connectivity index (χ2n) is 7.44. The molecule has 1 aliphatic heterocycles. The second-order valence-corrected chi connectivity index (χ2v) is 9.40. The SMILES string of the molecule is C=CCOc1ccc(C(O)=C2C(=O)C(=O)N(c3nc(C)c(C(=O)OCC)s3)C2c2cccs2)cc1. The normalized spacial score (nSPS) is 17.0. The molecule has 1 unspecified atom stereocenters. The van der Waals surface area contributed by atoms with Crippen molar-refractivity contribution in [1.82, 2.24) is 4.98 Å². The van der Waals surface area contributed by atoms with Crippen LogP contribution in [0.1, 0.15) is 38.8 Å². The Balaban J connectivity index is 1.80. The Labute approximate surface area is 209 Å². The fourth-order valence-electron chi connectivity index (χ4n) is 3.64. The van der Waals surface area contributed by atoms with Gasteiger partial charge in [-0.1, -0.05) is 30.1 Å². The molecule has 0 bridgehead atoms. The molecule has 3 heterocycles. The largest absolute Gasteiger partial charge is 0.507 e. The fourth-order valence-corrected chi connectivity index (χ4v) is 5.45. The zero-order valence-corrected chi connectivity index (χ0v) is 20.6. The second kappa shape index (κ2) is 10.2. The van der Waals surface area contributed by atoms with Gasteiger partial charge in [-0.25, -0.2) is 9.78 Å². The van der Waals surface area contributed by atoms with Gasteiger partial charge in [0.2, 0.25) is 0 Å². The molecule has 0 aliphatic carbocycles. The summed E-state index contributed by atoms with van der Waals surface area (Å²) in [7, 11) is 0. The van der Waals surface area contributed by atoms with Gasteiger partial charge in [-0.15, -0.1) is 11.3 Å². The van der Waals surface area contributed by atoms with Crippen LogP contribution in [0.5, 0.6) is 5.75 Å². The third-order valence-corrected chi connectivity index (χ3v) is 7.27. The van der Waals surface area contributed by atoms with E-state index in [0.717, 1.165) is 11.3 Å². The van der Waals surface area contributed by atoms with Crippen LogP contribution in [0.25, 0.3) is 5.76 Å². The van der Waals surface area contributed by atoms with Crippen LogP contribution in [-0.2, 0) is 14.3 Å². The van der Waals surface area contributed by atoms with Gasteiger partial charge in [0.25, 0.3) is 5.78 Å². The number of benzene rings is 1. The van der Waals surface area contributed by atoms with Gasteiger partial charge >= 0.3 is 11.9 Å².